The molecule has 0 aliphatic heterocycles. The van der Waals surface area contributed by atoms with Crippen LogP contribution in [0.5, 0.6) is 5.88 Å². The molecule has 35 heavy (non-hydrogen) atoms. The molecule has 0 fully saturated rings. The zero-order valence-electron chi connectivity index (χ0n) is 17.5. The smallest absolute Gasteiger partial charge is 0.434 e. The molecule has 2 N–H and O–H groups in total. The first-order chi connectivity index (χ1) is 16.7. The molecular formula is C20H12ClF3N8O2S. The Bertz CT molecular complexity index is 1580. The number of halogens is 4. The minimum absolute atomic E-state index is 0.0286. The van der Waals surface area contributed by atoms with Gasteiger partial charge in [0.25, 0.3) is 5.91 Å². The number of alkyl halides is 3. The number of nitrogens with two attached hydrogens (primary N) is 1. The van der Waals surface area contributed by atoms with Crippen LogP contribution in [-0.4, -0.2) is 47.8 Å². The molecule has 0 spiro atoms. The van der Waals surface area contributed by atoms with Crippen LogP contribution in [0.3, 0.4) is 0 Å². The number of fused-ring (bicyclic) bond motifs is 1. The van der Waals surface area contributed by atoms with Gasteiger partial charge in [-0.2, -0.15) is 28.5 Å². The molecule has 0 saturated heterocycles. The average Bonchev–Trinajstić information content (AvgIpc) is 3.55. The summed E-state index contributed by atoms with van der Waals surface area (Å²) in [5, 5.41) is 12.7. The summed E-state index contributed by atoms with van der Waals surface area (Å²) in [6, 6.07) is 6.10. The van der Waals surface area contributed by atoms with Crippen LogP contribution in [0.25, 0.3) is 33.0 Å². The molecule has 178 valence electrons. The van der Waals surface area contributed by atoms with Crippen LogP contribution in [0.1, 0.15) is 16.1 Å². The summed E-state index contributed by atoms with van der Waals surface area (Å²) in [5.74, 6) is -1.05. The molecule has 1 aromatic carbocycles. The Hall–Kier alpha value is -4.04. The fourth-order valence-corrected chi connectivity index (χ4v) is 4.69. The van der Waals surface area contributed by atoms with Gasteiger partial charge in [-0.25, -0.2) is 14.6 Å². The van der Waals surface area contributed by atoms with E-state index in [0.29, 0.717) is 15.5 Å². The zero-order chi connectivity index (χ0) is 24.9. The van der Waals surface area contributed by atoms with Crippen molar-refractivity contribution in [3.63, 3.8) is 0 Å². The maximum absolute atomic E-state index is 14.4. The van der Waals surface area contributed by atoms with E-state index < -0.39 is 23.3 Å². The number of carbonyl (C=O) groups excluding carboxylic acids is 1. The molecule has 0 saturated carbocycles. The lowest BCUT2D eigenvalue weighted by Crippen LogP contribution is -2.21. The molecule has 4 heterocycles. The van der Waals surface area contributed by atoms with E-state index in [4.69, 9.17) is 22.1 Å². The summed E-state index contributed by atoms with van der Waals surface area (Å²) >= 11 is 7.05. The Balaban J connectivity index is 1.82. The quantitative estimate of drug-likeness (QED) is 0.372. The standard InChI is InChI=1S/C20H12ClF3N8O2S/c1-34-18-10-3-2-4-11(9(10)5-6-26-18)31-14(20(22,23)24)12(16(25)33)13(30-31)19-29-17(15(21)35-19)32-27-7-8-28-32/h2-8H,1H3,(H2,25,33). The fourth-order valence-electron chi connectivity index (χ4n) is 3.59. The van der Waals surface area contributed by atoms with Crippen molar-refractivity contribution in [3.8, 4) is 28.1 Å². The van der Waals surface area contributed by atoms with E-state index >= 15 is 0 Å². The second-order valence-electron chi connectivity index (χ2n) is 6.97. The summed E-state index contributed by atoms with van der Waals surface area (Å²) in [7, 11) is 1.39. The van der Waals surface area contributed by atoms with E-state index in [0.717, 1.165) is 16.1 Å². The minimum Gasteiger partial charge on any atom is -0.481 e. The van der Waals surface area contributed by atoms with Gasteiger partial charge in [-0.05, 0) is 18.2 Å². The van der Waals surface area contributed by atoms with Crippen molar-refractivity contribution in [3.05, 3.63) is 58.4 Å². The van der Waals surface area contributed by atoms with Gasteiger partial charge in [0.1, 0.15) is 20.6 Å². The summed E-state index contributed by atoms with van der Waals surface area (Å²) in [4.78, 5) is 21.8. The van der Waals surface area contributed by atoms with Crippen LogP contribution in [-0.2, 0) is 6.18 Å². The Morgan fingerprint density at radius 2 is 1.89 bits per heavy atom. The first-order valence-electron chi connectivity index (χ1n) is 9.66. The molecule has 4 aromatic heterocycles. The topological polar surface area (TPSA) is 127 Å². The van der Waals surface area contributed by atoms with Crippen molar-refractivity contribution in [2.75, 3.05) is 7.11 Å². The van der Waals surface area contributed by atoms with Crippen molar-refractivity contribution in [2.45, 2.75) is 6.18 Å². The number of hydrogen-bond donors (Lipinski definition) is 1. The van der Waals surface area contributed by atoms with Crippen molar-refractivity contribution >= 4 is 39.6 Å². The normalized spacial score (nSPS) is 11.8. The summed E-state index contributed by atoms with van der Waals surface area (Å²) < 4.78 is 49.0. The van der Waals surface area contributed by atoms with Gasteiger partial charge in [0, 0.05) is 17.0 Å². The van der Waals surface area contributed by atoms with Crippen LogP contribution < -0.4 is 10.5 Å². The first kappa shape index (κ1) is 22.7. The Labute approximate surface area is 202 Å². The third-order valence-electron chi connectivity index (χ3n) is 4.95. The lowest BCUT2D eigenvalue weighted by Gasteiger charge is -2.14. The lowest BCUT2D eigenvalue weighted by molar-refractivity contribution is -0.143. The van der Waals surface area contributed by atoms with Gasteiger partial charge >= 0.3 is 6.18 Å². The van der Waals surface area contributed by atoms with Gasteiger partial charge in [0.05, 0.1) is 25.2 Å². The average molecular weight is 521 g/mol. The summed E-state index contributed by atoms with van der Waals surface area (Å²) in [6.07, 6.45) is -0.849. The van der Waals surface area contributed by atoms with Gasteiger partial charge in [0.2, 0.25) is 11.7 Å². The van der Waals surface area contributed by atoms with Crippen molar-refractivity contribution < 1.29 is 22.7 Å². The SMILES string of the molecule is COc1nccc2c(-n3nc(-c4nc(-n5nccn5)c(Cl)s4)c(C(N)=O)c3C(F)(F)F)cccc12. The molecular weight excluding hydrogens is 509 g/mol. The van der Waals surface area contributed by atoms with Gasteiger partial charge in [-0.15, -0.1) is 4.80 Å². The molecule has 5 rings (SSSR count). The third-order valence-corrected chi connectivity index (χ3v) is 6.19. The number of hydrogen-bond acceptors (Lipinski definition) is 8. The van der Waals surface area contributed by atoms with Crippen LogP contribution in [0.2, 0.25) is 4.34 Å². The highest BCUT2D eigenvalue weighted by molar-refractivity contribution is 7.19. The highest BCUT2D eigenvalue weighted by Crippen LogP contribution is 2.42. The predicted octanol–water partition coefficient (Wildman–Crippen LogP) is 3.90. The molecule has 1 amide bonds. The van der Waals surface area contributed by atoms with Crippen molar-refractivity contribution in [2.24, 2.45) is 5.73 Å². The second-order valence-corrected chi connectivity index (χ2v) is 8.57. The highest BCUT2D eigenvalue weighted by atomic mass is 35.5. The number of methoxy groups -OCH3 is 1. The molecule has 0 atom stereocenters. The summed E-state index contributed by atoms with van der Waals surface area (Å²) in [6.45, 7) is 0. The van der Waals surface area contributed by atoms with Gasteiger partial charge in [-0.1, -0.05) is 29.0 Å². The number of primary amides is 1. The van der Waals surface area contributed by atoms with Crippen molar-refractivity contribution in [1.82, 2.24) is 34.7 Å². The number of amides is 1. The molecule has 0 aliphatic carbocycles. The van der Waals surface area contributed by atoms with Gasteiger partial charge in [0.15, 0.2) is 5.69 Å². The Morgan fingerprint density at radius 3 is 2.54 bits per heavy atom. The van der Waals surface area contributed by atoms with Crippen LogP contribution in [0.4, 0.5) is 13.2 Å². The van der Waals surface area contributed by atoms with Crippen LogP contribution >= 0.6 is 22.9 Å². The number of aromatic nitrogens is 7. The largest absolute Gasteiger partial charge is 0.481 e. The van der Waals surface area contributed by atoms with E-state index in [1.54, 1.807) is 6.07 Å². The zero-order valence-corrected chi connectivity index (χ0v) is 19.1. The fraction of sp³-hybridized carbons (Fsp3) is 0.100. The minimum atomic E-state index is -5.00. The first-order valence-corrected chi connectivity index (χ1v) is 10.9. The van der Waals surface area contributed by atoms with Crippen LogP contribution in [0, 0.1) is 0 Å². The van der Waals surface area contributed by atoms with Crippen LogP contribution in [0.15, 0.2) is 42.9 Å². The number of carbonyl (C=O) groups is 1. The van der Waals surface area contributed by atoms with E-state index in [1.165, 1.54) is 43.9 Å². The number of thiazole rings is 1. The monoisotopic (exact) mass is 520 g/mol. The Morgan fingerprint density at radius 1 is 1.14 bits per heavy atom. The maximum Gasteiger partial charge on any atom is 0.434 e. The molecule has 0 aliphatic rings. The van der Waals surface area contributed by atoms with Gasteiger partial charge < -0.3 is 10.5 Å². The number of nitrogens with zero attached hydrogens (tertiary/aromatic N) is 7. The summed E-state index contributed by atoms with van der Waals surface area (Å²) in [5.41, 5.74) is 2.88. The maximum atomic E-state index is 14.4. The number of benzene rings is 1. The number of rotatable bonds is 5. The molecule has 0 unspecified atom stereocenters. The second kappa shape index (κ2) is 8.32. The predicted molar refractivity (Wildman–Crippen MR) is 120 cm³/mol. The van der Waals surface area contributed by atoms with Crippen molar-refractivity contribution in [1.29, 1.82) is 0 Å². The molecule has 5 aromatic rings. The highest BCUT2D eigenvalue weighted by Gasteiger charge is 2.43. The molecule has 0 radical (unpaired) electrons. The Kier molecular flexibility index (Phi) is 5.40. The van der Waals surface area contributed by atoms with E-state index in [2.05, 4.69) is 25.3 Å². The number of ether oxygens (including phenoxy) is 1. The molecule has 10 nitrogen and oxygen atoms in total. The van der Waals surface area contributed by atoms with E-state index in [1.807, 2.05) is 0 Å². The lowest BCUT2D eigenvalue weighted by atomic mass is 10.1. The van der Waals surface area contributed by atoms with E-state index in [-0.39, 0.29) is 32.4 Å². The molecule has 15 heteroatoms. The number of pyridine rings is 1. The van der Waals surface area contributed by atoms with Gasteiger partial charge in [-0.3, -0.25) is 4.79 Å². The molecule has 0 bridgehead atoms. The van der Waals surface area contributed by atoms with E-state index in [9.17, 15) is 18.0 Å². The third kappa shape index (κ3) is 3.76.